The van der Waals surface area contributed by atoms with Gasteiger partial charge in [0.05, 0.1) is 26.9 Å². The standard InChI is InChI=1S/C22H16Cl2N2O.C2H4O2/c23-19-5-3-6-20(24)22(19)26-16-10-12-18(13-11-16)27-14-17-9-8-15-4-1-2-7-21(15)25-17;1-2(3)4/h1-13,26H,14H2;1H3,(H,3,4). The van der Waals surface area contributed by atoms with E-state index in [1.165, 1.54) is 0 Å². The number of anilines is 2. The number of nitrogens with one attached hydrogen (secondary N) is 1. The van der Waals surface area contributed by atoms with Crippen molar-refractivity contribution in [1.29, 1.82) is 0 Å². The Labute approximate surface area is 190 Å². The first-order chi connectivity index (χ1) is 14.9. The Morgan fingerprint density at radius 3 is 2.26 bits per heavy atom. The number of pyridine rings is 1. The molecule has 4 rings (SSSR count). The Bertz CT molecular complexity index is 1160. The van der Waals surface area contributed by atoms with Gasteiger partial charge in [-0.25, -0.2) is 4.98 Å². The summed E-state index contributed by atoms with van der Waals surface area (Å²) in [7, 11) is 0. The molecule has 158 valence electrons. The second-order valence-electron chi connectivity index (χ2n) is 6.55. The molecule has 4 aromatic rings. The molecule has 3 aromatic carbocycles. The zero-order chi connectivity index (χ0) is 22.2. The van der Waals surface area contributed by atoms with Crippen LogP contribution in [-0.4, -0.2) is 16.1 Å². The third-order valence-corrected chi connectivity index (χ3v) is 4.76. The van der Waals surface area contributed by atoms with Crippen molar-refractivity contribution in [3.63, 3.8) is 0 Å². The molecular formula is C24H20Cl2N2O3. The highest BCUT2D eigenvalue weighted by molar-refractivity contribution is 6.39. The number of ether oxygens (including phenoxy) is 1. The minimum absolute atomic E-state index is 0.411. The van der Waals surface area contributed by atoms with E-state index in [4.69, 9.17) is 37.8 Å². The van der Waals surface area contributed by atoms with Gasteiger partial charge in [0.2, 0.25) is 0 Å². The lowest BCUT2D eigenvalue weighted by molar-refractivity contribution is -0.134. The highest BCUT2D eigenvalue weighted by Gasteiger charge is 2.06. The molecule has 0 saturated heterocycles. The molecule has 0 spiro atoms. The maximum atomic E-state index is 9.00. The highest BCUT2D eigenvalue weighted by atomic mass is 35.5. The van der Waals surface area contributed by atoms with Gasteiger partial charge in [0.25, 0.3) is 5.97 Å². The van der Waals surface area contributed by atoms with Crippen LogP contribution in [0.15, 0.2) is 78.9 Å². The Balaban J connectivity index is 0.000000628. The molecule has 0 fully saturated rings. The van der Waals surface area contributed by atoms with Crippen LogP contribution in [0.2, 0.25) is 10.0 Å². The summed E-state index contributed by atoms with van der Waals surface area (Å²) in [4.78, 5) is 13.6. The third-order valence-electron chi connectivity index (χ3n) is 4.13. The van der Waals surface area contributed by atoms with Gasteiger partial charge < -0.3 is 15.2 Å². The van der Waals surface area contributed by atoms with E-state index < -0.39 is 5.97 Å². The predicted molar refractivity (Wildman–Crippen MR) is 126 cm³/mol. The lowest BCUT2D eigenvalue weighted by atomic mass is 10.2. The maximum absolute atomic E-state index is 9.00. The monoisotopic (exact) mass is 454 g/mol. The normalized spacial score (nSPS) is 10.2. The summed E-state index contributed by atoms with van der Waals surface area (Å²) in [5.74, 6) is -0.0687. The van der Waals surface area contributed by atoms with Crippen molar-refractivity contribution in [3.05, 3.63) is 94.6 Å². The lowest BCUT2D eigenvalue weighted by Gasteiger charge is -2.11. The molecule has 2 N–H and O–H groups in total. The van der Waals surface area contributed by atoms with E-state index >= 15 is 0 Å². The molecular weight excluding hydrogens is 435 g/mol. The summed E-state index contributed by atoms with van der Waals surface area (Å²) in [6.45, 7) is 1.49. The molecule has 0 bridgehead atoms. The summed E-state index contributed by atoms with van der Waals surface area (Å²) >= 11 is 12.4. The number of hydrogen-bond acceptors (Lipinski definition) is 4. The van der Waals surface area contributed by atoms with E-state index in [1.54, 1.807) is 12.1 Å². The smallest absolute Gasteiger partial charge is 0.300 e. The second-order valence-corrected chi connectivity index (χ2v) is 7.36. The molecule has 0 atom stereocenters. The largest absolute Gasteiger partial charge is 0.487 e. The quantitative estimate of drug-likeness (QED) is 0.341. The molecule has 0 aliphatic heterocycles. The van der Waals surface area contributed by atoms with E-state index in [-0.39, 0.29) is 0 Å². The van der Waals surface area contributed by atoms with E-state index in [2.05, 4.69) is 16.4 Å². The molecule has 7 heteroatoms. The summed E-state index contributed by atoms with van der Waals surface area (Å²) in [6.07, 6.45) is 0. The van der Waals surface area contributed by atoms with Gasteiger partial charge in [0, 0.05) is 18.0 Å². The molecule has 0 aliphatic rings. The number of rotatable bonds is 5. The van der Waals surface area contributed by atoms with Crippen molar-refractivity contribution in [1.82, 2.24) is 4.98 Å². The molecule has 5 nitrogen and oxygen atoms in total. The van der Waals surface area contributed by atoms with Crippen molar-refractivity contribution in [2.75, 3.05) is 5.32 Å². The fourth-order valence-corrected chi connectivity index (χ4v) is 3.23. The SMILES string of the molecule is CC(=O)O.Clc1cccc(Cl)c1Nc1ccc(OCc2ccc3ccccc3n2)cc1. The van der Waals surface area contributed by atoms with Crippen molar-refractivity contribution in [3.8, 4) is 5.75 Å². The van der Waals surface area contributed by atoms with Crippen LogP contribution in [0.4, 0.5) is 11.4 Å². The van der Waals surface area contributed by atoms with Gasteiger partial charge in [-0.1, -0.05) is 53.5 Å². The number of halogens is 2. The number of nitrogens with zero attached hydrogens (tertiary/aromatic N) is 1. The molecule has 0 aliphatic carbocycles. The fourth-order valence-electron chi connectivity index (χ4n) is 2.74. The van der Waals surface area contributed by atoms with Gasteiger partial charge in [-0.15, -0.1) is 0 Å². The van der Waals surface area contributed by atoms with Gasteiger partial charge in [0.1, 0.15) is 12.4 Å². The number of hydrogen-bond donors (Lipinski definition) is 2. The van der Waals surface area contributed by atoms with Crippen LogP contribution in [0.25, 0.3) is 10.9 Å². The van der Waals surface area contributed by atoms with E-state index in [9.17, 15) is 0 Å². The number of aliphatic carboxylic acids is 1. The first-order valence-corrected chi connectivity index (χ1v) is 10.2. The Morgan fingerprint density at radius 1 is 0.935 bits per heavy atom. The van der Waals surface area contributed by atoms with E-state index in [0.29, 0.717) is 22.3 Å². The van der Waals surface area contributed by atoms with Crippen LogP contribution >= 0.6 is 23.2 Å². The summed E-state index contributed by atoms with van der Waals surface area (Å²) in [6, 6.07) is 25.1. The van der Waals surface area contributed by atoms with Gasteiger partial charge >= 0.3 is 0 Å². The molecule has 0 radical (unpaired) electrons. The number of para-hydroxylation sites is 2. The Hall–Kier alpha value is -3.28. The van der Waals surface area contributed by atoms with Crippen molar-refractivity contribution < 1.29 is 14.6 Å². The molecule has 1 heterocycles. The lowest BCUT2D eigenvalue weighted by Crippen LogP contribution is -1.98. The minimum atomic E-state index is -0.833. The van der Waals surface area contributed by atoms with Gasteiger partial charge in [-0.05, 0) is 48.5 Å². The summed E-state index contributed by atoms with van der Waals surface area (Å²) in [5, 5.41) is 12.9. The predicted octanol–water partition coefficient (Wildman–Crippen LogP) is 6.96. The maximum Gasteiger partial charge on any atom is 0.300 e. The number of benzene rings is 3. The molecule has 31 heavy (non-hydrogen) atoms. The highest BCUT2D eigenvalue weighted by Crippen LogP contribution is 2.33. The number of carbonyl (C=O) groups is 1. The number of aromatic nitrogens is 1. The van der Waals surface area contributed by atoms with Gasteiger partial charge in [-0.3, -0.25) is 4.79 Å². The number of fused-ring (bicyclic) bond motifs is 1. The summed E-state index contributed by atoms with van der Waals surface area (Å²) in [5.41, 5.74) is 3.42. The zero-order valence-electron chi connectivity index (χ0n) is 16.7. The zero-order valence-corrected chi connectivity index (χ0v) is 18.2. The first-order valence-electron chi connectivity index (χ1n) is 9.40. The van der Waals surface area contributed by atoms with Crippen molar-refractivity contribution in [2.45, 2.75) is 13.5 Å². The first kappa shape index (κ1) is 22.4. The van der Waals surface area contributed by atoms with Crippen LogP contribution < -0.4 is 10.1 Å². The second kappa shape index (κ2) is 10.7. The van der Waals surface area contributed by atoms with Gasteiger partial charge in [-0.2, -0.15) is 0 Å². The van der Waals surface area contributed by atoms with E-state index in [0.717, 1.165) is 35.0 Å². The van der Waals surface area contributed by atoms with Crippen LogP contribution in [0.3, 0.4) is 0 Å². The molecule has 1 aromatic heterocycles. The Kier molecular flexibility index (Phi) is 7.70. The van der Waals surface area contributed by atoms with Crippen molar-refractivity contribution >= 4 is 51.4 Å². The number of carboxylic acid groups (broad SMARTS) is 1. The van der Waals surface area contributed by atoms with Crippen LogP contribution in [0.1, 0.15) is 12.6 Å². The van der Waals surface area contributed by atoms with Crippen LogP contribution in [-0.2, 0) is 11.4 Å². The average molecular weight is 455 g/mol. The van der Waals surface area contributed by atoms with Crippen LogP contribution in [0.5, 0.6) is 5.75 Å². The minimum Gasteiger partial charge on any atom is -0.487 e. The average Bonchev–Trinajstić information content (AvgIpc) is 2.75. The van der Waals surface area contributed by atoms with Crippen LogP contribution in [0, 0.1) is 0 Å². The molecule has 0 saturated carbocycles. The summed E-state index contributed by atoms with van der Waals surface area (Å²) < 4.78 is 5.85. The Morgan fingerprint density at radius 2 is 1.58 bits per heavy atom. The number of carboxylic acids is 1. The fraction of sp³-hybridized carbons (Fsp3) is 0.0833. The topological polar surface area (TPSA) is 71.5 Å². The molecule has 0 amide bonds. The third kappa shape index (κ3) is 6.60. The van der Waals surface area contributed by atoms with Gasteiger partial charge in [0.15, 0.2) is 0 Å². The van der Waals surface area contributed by atoms with Crippen molar-refractivity contribution in [2.24, 2.45) is 0 Å². The van der Waals surface area contributed by atoms with E-state index in [1.807, 2.05) is 60.7 Å². The molecule has 0 unspecified atom stereocenters.